The van der Waals surface area contributed by atoms with Gasteiger partial charge in [0.1, 0.15) is 5.82 Å². The van der Waals surface area contributed by atoms with Crippen LogP contribution in [0.2, 0.25) is 0 Å². The van der Waals surface area contributed by atoms with E-state index in [2.05, 4.69) is 4.98 Å². The molecule has 1 unspecified atom stereocenters. The minimum absolute atomic E-state index is 0.270. The first-order valence-electron chi connectivity index (χ1n) is 5.71. The van der Waals surface area contributed by atoms with Gasteiger partial charge in [-0.1, -0.05) is 6.07 Å². The van der Waals surface area contributed by atoms with E-state index in [0.717, 1.165) is 11.4 Å². The summed E-state index contributed by atoms with van der Waals surface area (Å²) in [5.74, 6) is -0.270. The predicted octanol–water partition coefficient (Wildman–Crippen LogP) is 3.04. The quantitative estimate of drug-likeness (QED) is 0.904. The van der Waals surface area contributed by atoms with Crippen molar-refractivity contribution in [2.45, 2.75) is 13.0 Å². The van der Waals surface area contributed by atoms with Gasteiger partial charge in [-0.3, -0.25) is 4.98 Å². The number of halogens is 1. The molecule has 0 spiro atoms. The molecule has 1 N–H and O–H groups in total. The number of nitrogens with zero attached hydrogens (tertiary/aromatic N) is 2. The molecule has 2 rings (SSSR count). The van der Waals surface area contributed by atoms with Crippen LogP contribution in [0.1, 0.15) is 18.7 Å². The first-order chi connectivity index (χ1) is 8.58. The van der Waals surface area contributed by atoms with Gasteiger partial charge in [-0.25, -0.2) is 4.39 Å². The van der Waals surface area contributed by atoms with Crippen molar-refractivity contribution in [3.8, 4) is 0 Å². The zero-order chi connectivity index (χ0) is 13.1. The molecular formula is C14H15FN2O. The number of aliphatic hydroxyl groups is 1. The lowest BCUT2D eigenvalue weighted by Crippen LogP contribution is -2.10. The first-order valence-corrected chi connectivity index (χ1v) is 5.71. The maximum atomic E-state index is 13.1. The summed E-state index contributed by atoms with van der Waals surface area (Å²) in [6.45, 7) is 1.66. The van der Waals surface area contributed by atoms with Gasteiger partial charge in [0.15, 0.2) is 0 Å². The minimum Gasteiger partial charge on any atom is -0.387 e. The fourth-order valence-corrected chi connectivity index (χ4v) is 1.68. The van der Waals surface area contributed by atoms with E-state index in [4.69, 9.17) is 0 Å². The Morgan fingerprint density at radius 2 is 2.00 bits per heavy atom. The number of aromatic nitrogens is 1. The highest BCUT2D eigenvalue weighted by Gasteiger charge is 2.07. The normalized spacial score (nSPS) is 12.2. The van der Waals surface area contributed by atoms with Crippen LogP contribution in [0.4, 0.5) is 15.8 Å². The van der Waals surface area contributed by atoms with Crippen LogP contribution in [0.15, 0.2) is 42.6 Å². The Hall–Kier alpha value is -1.94. The van der Waals surface area contributed by atoms with Crippen LogP contribution in [0.5, 0.6) is 0 Å². The Kier molecular flexibility index (Phi) is 3.58. The number of pyridine rings is 1. The molecule has 1 atom stereocenters. The molecule has 4 heteroatoms. The monoisotopic (exact) mass is 246 g/mol. The highest BCUT2D eigenvalue weighted by Crippen LogP contribution is 2.24. The third-order valence-electron chi connectivity index (χ3n) is 2.78. The van der Waals surface area contributed by atoms with Crippen molar-refractivity contribution in [3.63, 3.8) is 0 Å². The smallest absolute Gasteiger partial charge is 0.125 e. The van der Waals surface area contributed by atoms with Crippen LogP contribution in [-0.4, -0.2) is 17.1 Å². The molecule has 1 aromatic heterocycles. The molecule has 0 fully saturated rings. The van der Waals surface area contributed by atoms with E-state index in [1.165, 1.54) is 12.1 Å². The van der Waals surface area contributed by atoms with Gasteiger partial charge in [0, 0.05) is 12.7 Å². The van der Waals surface area contributed by atoms with Crippen molar-refractivity contribution >= 4 is 11.4 Å². The summed E-state index contributed by atoms with van der Waals surface area (Å²) in [6.07, 6.45) is 1.07. The van der Waals surface area contributed by atoms with Gasteiger partial charge in [-0.2, -0.15) is 0 Å². The molecule has 1 aromatic carbocycles. The molecule has 0 aliphatic heterocycles. The molecular weight excluding hydrogens is 231 g/mol. The van der Waals surface area contributed by atoms with Crippen LogP contribution >= 0.6 is 0 Å². The maximum Gasteiger partial charge on any atom is 0.125 e. The minimum atomic E-state index is -0.585. The molecule has 18 heavy (non-hydrogen) atoms. The lowest BCUT2D eigenvalue weighted by molar-refractivity contribution is 0.194. The molecule has 0 aliphatic carbocycles. The number of rotatable bonds is 3. The van der Waals surface area contributed by atoms with Gasteiger partial charge >= 0.3 is 0 Å². The van der Waals surface area contributed by atoms with Crippen LogP contribution in [-0.2, 0) is 0 Å². The Balaban J connectivity index is 2.26. The molecule has 0 amide bonds. The van der Waals surface area contributed by atoms with Crippen LogP contribution in [0.3, 0.4) is 0 Å². The van der Waals surface area contributed by atoms with E-state index in [0.29, 0.717) is 5.69 Å². The zero-order valence-corrected chi connectivity index (χ0v) is 10.3. The highest BCUT2D eigenvalue weighted by molar-refractivity contribution is 5.61. The Morgan fingerprint density at radius 1 is 1.22 bits per heavy atom. The summed E-state index contributed by atoms with van der Waals surface area (Å²) in [6, 6.07) is 9.97. The first kappa shape index (κ1) is 12.5. The fourth-order valence-electron chi connectivity index (χ4n) is 1.68. The van der Waals surface area contributed by atoms with E-state index >= 15 is 0 Å². The third kappa shape index (κ3) is 2.65. The van der Waals surface area contributed by atoms with Gasteiger partial charge in [-0.15, -0.1) is 0 Å². The molecule has 0 saturated carbocycles. The van der Waals surface area contributed by atoms with E-state index in [-0.39, 0.29) is 5.82 Å². The fraction of sp³-hybridized carbons (Fsp3) is 0.214. The number of hydrogen-bond donors (Lipinski definition) is 1. The summed E-state index contributed by atoms with van der Waals surface area (Å²) in [7, 11) is 1.84. The average Bonchev–Trinajstić information content (AvgIpc) is 2.38. The van der Waals surface area contributed by atoms with Crippen molar-refractivity contribution in [2.24, 2.45) is 0 Å². The third-order valence-corrected chi connectivity index (χ3v) is 2.78. The molecule has 0 bridgehead atoms. The SMILES string of the molecule is CC(O)c1ccc(N(C)c2cccc(F)c2)cn1. The number of aliphatic hydroxyl groups excluding tert-OH is 1. The summed E-state index contributed by atoms with van der Waals surface area (Å²) < 4.78 is 13.1. The Morgan fingerprint density at radius 3 is 2.56 bits per heavy atom. The van der Waals surface area contributed by atoms with Crippen molar-refractivity contribution < 1.29 is 9.50 Å². The zero-order valence-electron chi connectivity index (χ0n) is 10.3. The van der Waals surface area contributed by atoms with Crippen molar-refractivity contribution in [1.82, 2.24) is 4.98 Å². The van der Waals surface area contributed by atoms with Crippen LogP contribution < -0.4 is 4.90 Å². The van der Waals surface area contributed by atoms with E-state index < -0.39 is 6.10 Å². The summed E-state index contributed by atoms with van der Waals surface area (Å²) in [5, 5.41) is 9.38. The molecule has 3 nitrogen and oxygen atoms in total. The lowest BCUT2D eigenvalue weighted by Gasteiger charge is -2.19. The summed E-state index contributed by atoms with van der Waals surface area (Å²) in [4.78, 5) is 6.00. The second kappa shape index (κ2) is 5.14. The van der Waals surface area contributed by atoms with Crippen LogP contribution in [0.25, 0.3) is 0 Å². The number of benzene rings is 1. The van der Waals surface area contributed by atoms with Crippen molar-refractivity contribution in [3.05, 3.63) is 54.1 Å². The second-order valence-corrected chi connectivity index (χ2v) is 4.16. The highest BCUT2D eigenvalue weighted by atomic mass is 19.1. The van der Waals surface area contributed by atoms with Gasteiger partial charge < -0.3 is 10.0 Å². The number of hydrogen-bond acceptors (Lipinski definition) is 3. The summed E-state index contributed by atoms with van der Waals surface area (Å²) >= 11 is 0. The maximum absolute atomic E-state index is 13.1. The van der Waals surface area contributed by atoms with Gasteiger partial charge in [-0.05, 0) is 37.3 Å². The van der Waals surface area contributed by atoms with Gasteiger partial charge in [0.05, 0.1) is 23.7 Å². The largest absolute Gasteiger partial charge is 0.387 e. The standard InChI is InChI=1S/C14H15FN2O/c1-10(18)14-7-6-13(9-16-14)17(2)12-5-3-4-11(15)8-12/h3-10,18H,1-2H3. The molecule has 1 heterocycles. The van der Waals surface area contributed by atoms with E-state index in [1.54, 1.807) is 25.3 Å². The van der Waals surface area contributed by atoms with E-state index in [9.17, 15) is 9.50 Å². The van der Waals surface area contributed by atoms with Crippen LogP contribution in [0, 0.1) is 5.82 Å². The van der Waals surface area contributed by atoms with Crippen molar-refractivity contribution in [1.29, 1.82) is 0 Å². The molecule has 0 saturated heterocycles. The second-order valence-electron chi connectivity index (χ2n) is 4.16. The number of anilines is 2. The Labute approximate surface area is 106 Å². The van der Waals surface area contributed by atoms with Crippen molar-refractivity contribution in [2.75, 3.05) is 11.9 Å². The molecule has 2 aromatic rings. The molecule has 94 valence electrons. The predicted molar refractivity (Wildman–Crippen MR) is 69.3 cm³/mol. The van der Waals surface area contributed by atoms with Gasteiger partial charge in [0.25, 0.3) is 0 Å². The topological polar surface area (TPSA) is 36.4 Å². The Bertz CT molecular complexity index is 526. The molecule has 0 radical (unpaired) electrons. The van der Waals surface area contributed by atoms with Gasteiger partial charge in [0.2, 0.25) is 0 Å². The molecule has 0 aliphatic rings. The average molecular weight is 246 g/mol. The lowest BCUT2D eigenvalue weighted by atomic mass is 10.2. The van der Waals surface area contributed by atoms with E-state index in [1.807, 2.05) is 24.1 Å². The summed E-state index contributed by atoms with van der Waals surface area (Å²) in [5.41, 5.74) is 2.21.